The van der Waals surface area contributed by atoms with Gasteiger partial charge in [0.15, 0.2) is 11.6 Å². The zero-order chi connectivity index (χ0) is 23.6. The molecule has 0 radical (unpaired) electrons. The molecule has 1 aromatic heterocycles. The largest absolute Gasteiger partial charge is 0.356 e. The fourth-order valence-corrected chi connectivity index (χ4v) is 4.30. The van der Waals surface area contributed by atoms with Gasteiger partial charge in [0.05, 0.1) is 40.5 Å². The summed E-state index contributed by atoms with van der Waals surface area (Å²) in [4.78, 5) is 16.1. The summed E-state index contributed by atoms with van der Waals surface area (Å²) in [7, 11) is 0. The summed E-state index contributed by atoms with van der Waals surface area (Å²) in [5, 5.41) is 22.8. The van der Waals surface area contributed by atoms with Crippen molar-refractivity contribution in [2.75, 3.05) is 10.4 Å². The average molecular weight is 571 g/mol. The highest BCUT2D eigenvalue weighted by atomic mass is 127. The summed E-state index contributed by atoms with van der Waals surface area (Å²) >= 11 is 1.99. The van der Waals surface area contributed by atoms with Crippen molar-refractivity contribution in [3.05, 3.63) is 58.2 Å². The van der Waals surface area contributed by atoms with E-state index in [2.05, 4.69) is 21.5 Å². The Bertz CT molecular complexity index is 1190. The molecule has 1 saturated carbocycles. The Morgan fingerprint density at radius 3 is 2.62 bits per heavy atom. The number of hydrogen-bond acceptors (Lipinski definition) is 5. The molecule has 1 aliphatic rings. The van der Waals surface area contributed by atoms with Crippen LogP contribution < -0.4 is 10.4 Å². The van der Waals surface area contributed by atoms with Crippen molar-refractivity contribution in [3.8, 4) is 6.07 Å². The van der Waals surface area contributed by atoms with Gasteiger partial charge < -0.3 is 15.8 Å². The van der Waals surface area contributed by atoms with Gasteiger partial charge in [-0.2, -0.15) is 5.26 Å². The maximum atomic E-state index is 15.2. The van der Waals surface area contributed by atoms with Crippen molar-refractivity contribution in [2.24, 2.45) is 5.41 Å². The first kappa shape index (κ1) is 24.1. The first-order valence-electron chi connectivity index (χ1n) is 9.40. The van der Waals surface area contributed by atoms with Crippen molar-refractivity contribution < 1.29 is 18.0 Å². The molecule has 0 saturated heterocycles. The van der Waals surface area contributed by atoms with Crippen LogP contribution in [0.4, 0.5) is 24.5 Å². The lowest BCUT2D eigenvalue weighted by Gasteiger charge is -2.16. The van der Waals surface area contributed by atoms with Crippen LogP contribution in [-0.2, 0) is 4.79 Å². The van der Waals surface area contributed by atoms with E-state index in [1.807, 2.05) is 22.0 Å². The van der Waals surface area contributed by atoms with Crippen LogP contribution in [0.15, 0.2) is 24.2 Å². The Balaban J connectivity index is 1.93. The molecule has 0 bridgehead atoms. The lowest BCUT2D eigenvalue weighted by atomic mass is 9.93. The minimum atomic E-state index is -1.28. The zero-order valence-electron chi connectivity index (χ0n) is 17.0. The van der Waals surface area contributed by atoms with Crippen molar-refractivity contribution in [1.29, 1.82) is 10.7 Å². The molecule has 6 nitrogen and oxygen atoms in total. The molecule has 1 unspecified atom stereocenters. The van der Waals surface area contributed by atoms with Crippen molar-refractivity contribution in [3.63, 3.8) is 0 Å². The van der Waals surface area contributed by atoms with Gasteiger partial charge in [0, 0.05) is 23.1 Å². The van der Waals surface area contributed by atoms with Crippen molar-refractivity contribution in [2.45, 2.75) is 26.7 Å². The number of pyridine rings is 1. The molecular weight excluding hydrogens is 553 g/mol. The maximum Gasteiger partial charge on any atom is 0.284 e. The lowest BCUT2D eigenvalue weighted by Crippen LogP contribution is -2.16. The van der Waals surface area contributed by atoms with Gasteiger partial charge in [-0.1, -0.05) is 12.1 Å². The Morgan fingerprint density at radius 2 is 2.03 bits per heavy atom. The van der Waals surface area contributed by atoms with Gasteiger partial charge in [0.2, 0.25) is 0 Å². The first-order valence-corrected chi connectivity index (χ1v) is 13.5. The van der Waals surface area contributed by atoms with Gasteiger partial charge in [-0.25, -0.2) is 13.2 Å². The fourth-order valence-electron chi connectivity index (χ4n) is 3.15. The van der Waals surface area contributed by atoms with Gasteiger partial charge in [-0.15, -0.1) is 0 Å². The number of rotatable bonds is 7. The van der Waals surface area contributed by atoms with E-state index in [0.29, 0.717) is 18.5 Å². The number of benzene rings is 1. The van der Waals surface area contributed by atoms with E-state index in [4.69, 9.17) is 5.41 Å². The van der Waals surface area contributed by atoms with Crippen LogP contribution in [0.5, 0.6) is 0 Å². The summed E-state index contributed by atoms with van der Waals surface area (Å²) in [5.74, 6) is -3.95. The molecule has 32 heavy (non-hydrogen) atoms. The molecular formula is C21H18F3IN5OP. The highest BCUT2D eigenvalue weighted by molar-refractivity contribution is 14.2. The van der Waals surface area contributed by atoms with E-state index < -0.39 is 28.8 Å². The molecule has 1 heterocycles. The second-order valence-corrected chi connectivity index (χ2v) is 9.37. The number of nitriles is 1. The third-order valence-electron chi connectivity index (χ3n) is 5.26. The summed E-state index contributed by atoms with van der Waals surface area (Å²) in [6.07, 6.45) is 2.84. The monoisotopic (exact) mass is 571 g/mol. The van der Waals surface area contributed by atoms with Crippen LogP contribution >= 0.6 is 28.4 Å². The Kier molecular flexibility index (Phi) is 7.20. The van der Waals surface area contributed by atoms with Crippen LogP contribution in [0.3, 0.4) is 0 Å². The molecule has 0 aliphatic heterocycles. The highest BCUT2D eigenvalue weighted by Gasteiger charge is 2.48. The molecule has 3 N–H and O–H groups in total. The molecule has 2 aromatic rings. The number of carbonyl (C=O) groups is 1. The molecule has 1 atom stereocenters. The van der Waals surface area contributed by atoms with E-state index in [9.17, 15) is 18.8 Å². The summed E-state index contributed by atoms with van der Waals surface area (Å²) in [6.45, 7) is 2.96. The van der Waals surface area contributed by atoms with Crippen molar-refractivity contribution in [1.82, 2.24) is 4.98 Å². The van der Waals surface area contributed by atoms with Gasteiger partial charge in [0.25, 0.3) is 5.91 Å². The standard InChI is InChI=1S/C21H18F3IN5OP/c1-10-15(23)8-28-11(2)17(10)29-20(31)14(22)7-12-3-4-13(18(16(12)24)30-32-25)19(27)21(9-26)5-6-21/h3-4,7-8,27,30,32H,5-6H2,1-2H3,(H,29,31)/b14-7-,27-19?. The van der Waals surface area contributed by atoms with Crippen LogP contribution in [0.25, 0.3) is 6.08 Å². The topological polar surface area (TPSA) is 102 Å². The second-order valence-electron chi connectivity index (χ2n) is 7.32. The third kappa shape index (κ3) is 4.64. The molecule has 1 fully saturated rings. The van der Waals surface area contributed by atoms with Gasteiger partial charge in [0.1, 0.15) is 5.82 Å². The average Bonchev–Trinajstić information content (AvgIpc) is 3.57. The molecule has 0 spiro atoms. The van der Waals surface area contributed by atoms with E-state index in [1.165, 1.54) is 26.0 Å². The highest BCUT2D eigenvalue weighted by Crippen LogP contribution is 2.49. The zero-order valence-corrected chi connectivity index (χ0v) is 20.2. The Morgan fingerprint density at radius 1 is 1.34 bits per heavy atom. The number of hydrogen-bond donors (Lipinski definition) is 3. The smallest absolute Gasteiger partial charge is 0.284 e. The number of aryl methyl sites for hydroxylation is 1. The quantitative estimate of drug-likeness (QED) is 0.166. The predicted molar refractivity (Wildman–Crippen MR) is 128 cm³/mol. The number of amides is 1. The van der Waals surface area contributed by atoms with Crippen LogP contribution in [0.1, 0.15) is 35.2 Å². The molecule has 1 amide bonds. The van der Waals surface area contributed by atoms with Crippen molar-refractivity contribution >= 4 is 57.5 Å². The Hall–Kier alpha value is -2.51. The minimum absolute atomic E-state index is 0.00866. The maximum absolute atomic E-state index is 15.2. The fraction of sp³-hybridized carbons (Fsp3) is 0.238. The number of nitrogens with zero attached hydrogens (tertiary/aromatic N) is 2. The number of anilines is 2. The van der Waals surface area contributed by atoms with Gasteiger partial charge in [-0.3, -0.25) is 9.78 Å². The van der Waals surface area contributed by atoms with Crippen LogP contribution in [-0.4, -0.2) is 16.6 Å². The van der Waals surface area contributed by atoms with E-state index in [0.717, 1.165) is 12.3 Å². The van der Waals surface area contributed by atoms with E-state index >= 15 is 4.39 Å². The molecule has 3 rings (SSSR count). The van der Waals surface area contributed by atoms with E-state index in [1.54, 1.807) is 0 Å². The normalized spacial score (nSPS) is 14.8. The second kappa shape index (κ2) is 9.55. The molecule has 11 heteroatoms. The van der Waals surface area contributed by atoms with Gasteiger partial charge >= 0.3 is 0 Å². The lowest BCUT2D eigenvalue weighted by molar-refractivity contribution is -0.114. The number of aromatic nitrogens is 1. The summed E-state index contributed by atoms with van der Waals surface area (Å²) in [6, 6.07) is 4.79. The number of halogens is 4. The first-order chi connectivity index (χ1) is 15.1. The van der Waals surface area contributed by atoms with E-state index in [-0.39, 0.29) is 40.2 Å². The third-order valence-corrected chi connectivity index (χ3v) is 6.41. The molecule has 166 valence electrons. The minimum Gasteiger partial charge on any atom is -0.356 e. The number of carbonyl (C=O) groups excluding carboxylic acids is 1. The van der Waals surface area contributed by atoms with Crippen LogP contribution in [0, 0.1) is 47.6 Å². The number of nitrogens with one attached hydrogen (secondary N) is 3. The van der Waals surface area contributed by atoms with Gasteiger partial charge in [-0.05, 0) is 54.8 Å². The van der Waals surface area contributed by atoms with Crippen LogP contribution in [0.2, 0.25) is 0 Å². The molecule has 1 aromatic carbocycles. The summed E-state index contributed by atoms with van der Waals surface area (Å²) < 4.78 is 43.5. The molecule has 1 aliphatic carbocycles. The predicted octanol–water partition coefficient (Wildman–Crippen LogP) is 5.95. The SMILES string of the molecule is Cc1ncc(F)c(C)c1NC(=O)/C(F)=C/c1ccc(C(=N)C2(C#N)CC2)c(NPI)c1F. The Labute approximate surface area is 197 Å². The summed E-state index contributed by atoms with van der Waals surface area (Å²) in [5.41, 5.74) is -0.462.